The summed E-state index contributed by atoms with van der Waals surface area (Å²) < 4.78 is 52.4. The number of rotatable bonds is 6. The number of halogens is 3. The maximum Gasteiger partial charge on any atom is 0.420 e. The average Bonchev–Trinajstić information content (AvgIpc) is 3.91. The maximum atomic E-state index is 14.6. The molecule has 0 saturated carbocycles. The lowest BCUT2D eigenvalue weighted by molar-refractivity contribution is 0.0512. The summed E-state index contributed by atoms with van der Waals surface area (Å²) in [6.45, 7) is 22.9. The molecule has 0 unspecified atom stereocenters. The number of imidazole rings is 2. The summed E-state index contributed by atoms with van der Waals surface area (Å²) in [6, 6.07) is 17.9. The van der Waals surface area contributed by atoms with E-state index < -0.39 is 52.3 Å². The first-order valence-corrected chi connectivity index (χ1v) is 27.3. The van der Waals surface area contributed by atoms with Gasteiger partial charge in [-0.2, -0.15) is 0 Å². The van der Waals surface area contributed by atoms with Gasteiger partial charge < -0.3 is 29.6 Å². The third-order valence-corrected chi connectivity index (χ3v) is 13.6. The van der Waals surface area contributed by atoms with Gasteiger partial charge in [0.15, 0.2) is 0 Å². The molecule has 0 radical (unpaired) electrons. The third kappa shape index (κ3) is 17.3. The molecular formula is C56H69F2IN6O8S2. The zero-order chi connectivity index (χ0) is 55.2. The van der Waals surface area contributed by atoms with Gasteiger partial charge in [-0.25, -0.2) is 47.1 Å². The largest absolute Gasteiger partial charge is 0.444 e. The molecule has 0 fully saturated rings. The Morgan fingerprint density at radius 1 is 0.627 bits per heavy atom. The average molecular weight is 1180 g/mol. The molecule has 0 aliphatic heterocycles. The smallest absolute Gasteiger partial charge is 0.420 e. The van der Waals surface area contributed by atoms with Gasteiger partial charge >= 0.3 is 24.4 Å². The van der Waals surface area contributed by atoms with E-state index in [2.05, 4.69) is 57.5 Å². The second-order valence-corrected chi connectivity index (χ2v) is 25.3. The van der Waals surface area contributed by atoms with E-state index in [4.69, 9.17) is 18.9 Å². The van der Waals surface area contributed by atoms with Gasteiger partial charge in [0.25, 0.3) is 0 Å². The Kier molecular flexibility index (Phi) is 19.1. The number of carbonyl (C=O) groups is 4. The van der Waals surface area contributed by atoms with Crippen molar-refractivity contribution in [2.24, 2.45) is 0 Å². The molecule has 0 saturated heterocycles. The van der Waals surface area contributed by atoms with Crippen LogP contribution in [0.25, 0.3) is 22.1 Å². The minimum Gasteiger partial charge on any atom is -0.444 e. The molecule has 404 valence electrons. The Morgan fingerprint density at radius 2 is 1.07 bits per heavy atom. The number of carbonyl (C=O) groups excluding carboxylic acids is 4. The number of hydrogen-bond donors (Lipinski definition) is 3. The zero-order valence-electron chi connectivity index (χ0n) is 44.8. The Hall–Kier alpha value is -5.41. The first kappa shape index (κ1) is 58.8. The summed E-state index contributed by atoms with van der Waals surface area (Å²) in [5.41, 5.74) is 4.76. The molecule has 2 aromatic heterocycles. The highest BCUT2D eigenvalue weighted by Gasteiger charge is 2.27. The van der Waals surface area contributed by atoms with Crippen molar-refractivity contribution in [3.05, 3.63) is 111 Å². The number of aryl methyl sites for hydroxylation is 2. The van der Waals surface area contributed by atoms with E-state index in [1.54, 1.807) is 41.5 Å². The van der Waals surface area contributed by atoms with Gasteiger partial charge in [-0.15, -0.1) is 12.6 Å². The fourth-order valence-corrected chi connectivity index (χ4v) is 10.5. The molecule has 19 heteroatoms. The van der Waals surface area contributed by atoms with Crippen LogP contribution < -0.4 is 10.6 Å². The van der Waals surface area contributed by atoms with Gasteiger partial charge in [0.05, 0.1) is 11.0 Å². The first-order chi connectivity index (χ1) is 34.9. The monoisotopic (exact) mass is 1180 g/mol. The van der Waals surface area contributed by atoms with Crippen LogP contribution in [0.5, 0.6) is 0 Å². The summed E-state index contributed by atoms with van der Waals surface area (Å²) in [4.78, 5) is 59.5. The normalized spacial score (nSPS) is 15.5. The van der Waals surface area contributed by atoms with Crippen LogP contribution in [-0.2, 0) is 31.8 Å². The van der Waals surface area contributed by atoms with Gasteiger partial charge in [-0.1, -0.05) is 23.9 Å². The fraction of sp³-hybridized carbons (Fsp3) is 0.464. The Bertz CT molecular complexity index is 3040. The standard InChI is InChI=1S/C28H34FN3O4S.C16H23NO2S.C12H12FIN2O2/c1-27(2,3)35-25(33)30-15-18-9-7-8-17-12-20(10-11-21(17)18)37-23-14-19(29)13-22-24(23)31-16-32(22)26(34)36-28(4,5)6;1-16(2,3)19-15(18)17-10-12-6-4-5-11-9-13(20)7-8-14(11)12;1-12(2,3)18-11(17)16-6-15-10-8(14)4-7(13)5-9(10)16/h10-14,16,18H,7-9,15H2,1-6H3,(H,30,33);7-9,12,20H,4-6,10H2,1-3H3,(H,17,18);4-6H,1-3H3/t18-;12-;/m00./s1. The van der Waals surface area contributed by atoms with Crippen LogP contribution in [0.15, 0.2) is 88.0 Å². The molecule has 0 spiro atoms. The summed E-state index contributed by atoms with van der Waals surface area (Å²) in [5, 5.41) is 5.78. The van der Waals surface area contributed by atoms with Crippen LogP contribution in [-0.4, -0.2) is 79.0 Å². The molecule has 75 heavy (non-hydrogen) atoms. The van der Waals surface area contributed by atoms with Crippen LogP contribution in [0.3, 0.4) is 0 Å². The van der Waals surface area contributed by atoms with E-state index in [0.29, 0.717) is 49.5 Å². The topological polar surface area (TPSA) is 165 Å². The molecule has 2 N–H and O–H groups in total. The van der Waals surface area contributed by atoms with E-state index in [1.807, 2.05) is 76.3 Å². The molecule has 2 aliphatic carbocycles. The maximum absolute atomic E-state index is 14.6. The van der Waals surface area contributed by atoms with Gasteiger partial charge in [-0.3, -0.25) is 0 Å². The SMILES string of the molecule is CC(C)(C)OC(=O)NC[C@@H]1CCCc2cc(S)ccc21.CC(C)(C)OC(=O)NC[C@@H]1CCCc2cc(Sc3cc(F)cc4c3ncn4C(=O)OC(C)(C)C)ccc21.CC(C)(C)OC(=O)n1cnc2c(I)cc(F)cc21. The second-order valence-electron chi connectivity index (χ2n) is 22.5. The first-order valence-electron chi connectivity index (χ1n) is 24.9. The van der Waals surface area contributed by atoms with E-state index in [9.17, 15) is 28.0 Å². The van der Waals surface area contributed by atoms with Gasteiger partial charge in [-0.05, 0) is 203 Å². The van der Waals surface area contributed by atoms with Crippen molar-refractivity contribution in [1.82, 2.24) is 29.7 Å². The van der Waals surface area contributed by atoms with Crippen molar-refractivity contribution >= 4 is 93.4 Å². The number of benzene rings is 4. The number of thiol groups is 1. The van der Waals surface area contributed by atoms with Crippen molar-refractivity contribution in [2.75, 3.05) is 13.1 Å². The molecule has 2 aliphatic rings. The molecule has 6 aromatic rings. The highest BCUT2D eigenvalue weighted by Crippen LogP contribution is 2.39. The quantitative estimate of drug-likeness (QED) is 0.0826. The van der Waals surface area contributed by atoms with Crippen LogP contribution in [0, 0.1) is 15.2 Å². The summed E-state index contributed by atoms with van der Waals surface area (Å²) in [6.07, 6.45) is 7.13. The fourth-order valence-electron chi connectivity index (χ4n) is 8.53. The molecule has 14 nitrogen and oxygen atoms in total. The number of amides is 2. The van der Waals surface area contributed by atoms with Crippen molar-refractivity contribution in [3.63, 3.8) is 0 Å². The minimum atomic E-state index is -0.679. The predicted octanol–water partition coefficient (Wildman–Crippen LogP) is 14.5. The molecule has 2 atom stereocenters. The zero-order valence-corrected chi connectivity index (χ0v) is 48.7. The second kappa shape index (κ2) is 24.3. The minimum absolute atomic E-state index is 0.209. The summed E-state index contributed by atoms with van der Waals surface area (Å²) in [5.74, 6) is -0.273. The Morgan fingerprint density at radius 3 is 1.56 bits per heavy atom. The number of fused-ring (bicyclic) bond motifs is 4. The number of alkyl carbamates (subject to hydrolysis) is 2. The molecule has 4 aromatic carbocycles. The summed E-state index contributed by atoms with van der Waals surface area (Å²) >= 11 is 7.78. The predicted molar refractivity (Wildman–Crippen MR) is 299 cm³/mol. The van der Waals surface area contributed by atoms with E-state index in [0.717, 1.165) is 48.3 Å². The number of nitrogens with zero attached hydrogens (tertiary/aromatic N) is 4. The van der Waals surface area contributed by atoms with Crippen molar-refractivity contribution in [2.45, 2.75) is 171 Å². The lowest BCUT2D eigenvalue weighted by atomic mass is 9.83. The molecule has 8 rings (SSSR count). The molecule has 0 bridgehead atoms. The molecule has 2 heterocycles. The molecular weight excluding hydrogens is 1110 g/mol. The molecule has 2 amide bonds. The number of ether oxygens (including phenoxy) is 4. The lowest BCUT2D eigenvalue weighted by Gasteiger charge is -2.27. The van der Waals surface area contributed by atoms with Crippen molar-refractivity contribution in [1.29, 1.82) is 0 Å². The number of nitrogens with one attached hydrogen (secondary N) is 2. The van der Waals surface area contributed by atoms with Crippen molar-refractivity contribution < 1.29 is 46.9 Å². The highest BCUT2D eigenvalue weighted by atomic mass is 127. The van der Waals surface area contributed by atoms with Crippen molar-refractivity contribution in [3.8, 4) is 0 Å². The van der Waals surface area contributed by atoms with Gasteiger partial charge in [0.1, 0.15) is 57.7 Å². The Labute approximate surface area is 461 Å². The van der Waals surface area contributed by atoms with Gasteiger partial charge in [0.2, 0.25) is 0 Å². The van der Waals surface area contributed by atoms with Crippen LogP contribution >= 0.6 is 47.0 Å². The third-order valence-electron chi connectivity index (χ3n) is 11.5. The van der Waals surface area contributed by atoms with Gasteiger partial charge in [0, 0.05) is 55.3 Å². The number of hydrogen-bond acceptors (Lipinski definition) is 12. The van der Waals surface area contributed by atoms with E-state index in [1.165, 1.54) is 80.1 Å². The Balaban J connectivity index is 0.000000202. The van der Waals surface area contributed by atoms with Crippen LogP contribution in [0.2, 0.25) is 0 Å². The highest BCUT2D eigenvalue weighted by molar-refractivity contribution is 14.1. The van der Waals surface area contributed by atoms with Crippen LogP contribution in [0.1, 0.15) is 143 Å². The summed E-state index contributed by atoms with van der Waals surface area (Å²) in [7, 11) is 0. The lowest BCUT2D eigenvalue weighted by Crippen LogP contribution is -2.35. The van der Waals surface area contributed by atoms with E-state index >= 15 is 0 Å². The van der Waals surface area contributed by atoms with E-state index in [-0.39, 0.29) is 12.0 Å². The van der Waals surface area contributed by atoms with Crippen LogP contribution in [0.4, 0.5) is 28.0 Å². The number of aromatic nitrogens is 4.